The van der Waals surface area contributed by atoms with E-state index in [0.29, 0.717) is 23.2 Å². The lowest BCUT2D eigenvalue weighted by Crippen LogP contribution is -2.48. The molecule has 34 heavy (non-hydrogen) atoms. The summed E-state index contributed by atoms with van der Waals surface area (Å²) in [6, 6.07) is 7.73. The van der Waals surface area contributed by atoms with Crippen LogP contribution in [-0.2, 0) is 14.3 Å². The molecule has 1 aromatic carbocycles. The molecular formula is C21H26ClN7O4S. The topological polar surface area (TPSA) is 133 Å². The number of halogens is 1. The molecular weight excluding hydrogens is 482 g/mol. The van der Waals surface area contributed by atoms with Crippen LogP contribution >= 0.6 is 22.9 Å². The SMILES string of the molecule is CC(=O)NC[C@H]1CN(c2ccc(N3CCN(CC(=O)Nc4sc(N)nc4Cl)CC3)cc2)C(=O)O1. The molecule has 2 aliphatic heterocycles. The number of carbonyl (C=O) groups excluding carboxylic acids is 3. The van der Waals surface area contributed by atoms with Gasteiger partial charge in [-0.2, -0.15) is 0 Å². The maximum Gasteiger partial charge on any atom is 0.414 e. The molecule has 182 valence electrons. The van der Waals surface area contributed by atoms with Crippen molar-refractivity contribution in [3.05, 3.63) is 29.4 Å². The zero-order valence-corrected chi connectivity index (χ0v) is 20.2. The second kappa shape index (κ2) is 10.5. The molecule has 1 aromatic heterocycles. The second-order valence-corrected chi connectivity index (χ2v) is 9.44. The van der Waals surface area contributed by atoms with Crippen molar-refractivity contribution in [2.24, 2.45) is 0 Å². The van der Waals surface area contributed by atoms with Crippen LogP contribution in [-0.4, -0.2) is 79.7 Å². The third-order valence-corrected chi connectivity index (χ3v) is 6.76. The van der Waals surface area contributed by atoms with Gasteiger partial charge in [0.25, 0.3) is 0 Å². The van der Waals surface area contributed by atoms with Crippen molar-refractivity contribution in [2.75, 3.05) is 66.7 Å². The van der Waals surface area contributed by atoms with Gasteiger partial charge in [-0.05, 0) is 24.3 Å². The van der Waals surface area contributed by atoms with E-state index in [-0.39, 0.29) is 29.6 Å². The summed E-state index contributed by atoms with van der Waals surface area (Å²) in [6.07, 6.45) is -0.789. The van der Waals surface area contributed by atoms with Crippen LogP contribution in [0.5, 0.6) is 0 Å². The summed E-state index contributed by atoms with van der Waals surface area (Å²) in [5.41, 5.74) is 7.40. The Balaban J connectivity index is 1.25. The summed E-state index contributed by atoms with van der Waals surface area (Å²) in [4.78, 5) is 45.4. The average molecular weight is 508 g/mol. The number of rotatable bonds is 7. The summed E-state index contributed by atoms with van der Waals surface area (Å²) in [6.45, 7) is 5.38. The lowest BCUT2D eigenvalue weighted by atomic mass is 10.2. The van der Waals surface area contributed by atoms with Gasteiger partial charge in [-0.1, -0.05) is 22.9 Å². The molecule has 0 unspecified atom stereocenters. The van der Waals surface area contributed by atoms with Gasteiger partial charge >= 0.3 is 6.09 Å². The first-order valence-corrected chi connectivity index (χ1v) is 12.0. The van der Waals surface area contributed by atoms with E-state index in [1.807, 2.05) is 24.3 Å². The van der Waals surface area contributed by atoms with E-state index in [1.165, 1.54) is 6.92 Å². The molecule has 0 saturated carbocycles. The number of nitrogen functional groups attached to an aromatic ring is 1. The van der Waals surface area contributed by atoms with Crippen molar-refractivity contribution in [3.8, 4) is 0 Å². The standard InChI is InChI=1S/C21H26ClN7O4S/c1-13(30)24-10-16-11-29(21(32)33-16)15-4-2-14(3-5-15)28-8-6-27(7-9-28)12-17(31)25-19-18(22)26-20(23)34-19/h2-5,16H,6-12H2,1H3,(H2,23,26)(H,24,30)(H,25,31)/t16-/m0/s1. The number of ether oxygens (including phenoxy) is 1. The number of anilines is 4. The molecule has 11 nitrogen and oxygen atoms in total. The van der Waals surface area contributed by atoms with E-state index in [0.717, 1.165) is 48.9 Å². The van der Waals surface area contributed by atoms with Gasteiger partial charge in [0.05, 0.1) is 19.6 Å². The van der Waals surface area contributed by atoms with Crippen LogP contribution in [0, 0.1) is 0 Å². The van der Waals surface area contributed by atoms with Gasteiger partial charge in [0.15, 0.2) is 10.3 Å². The molecule has 13 heteroatoms. The van der Waals surface area contributed by atoms with Crippen molar-refractivity contribution in [1.82, 2.24) is 15.2 Å². The normalized spacial score (nSPS) is 18.6. The molecule has 2 fully saturated rings. The minimum absolute atomic E-state index is 0.155. The number of benzene rings is 1. The maximum atomic E-state index is 12.3. The van der Waals surface area contributed by atoms with Crippen molar-refractivity contribution in [2.45, 2.75) is 13.0 Å². The highest BCUT2D eigenvalue weighted by Gasteiger charge is 2.32. The van der Waals surface area contributed by atoms with E-state index in [1.54, 1.807) is 4.90 Å². The van der Waals surface area contributed by atoms with E-state index in [9.17, 15) is 14.4 Å². The first-order valence-electron chi connectivity index (χ1n) is 10.8. The Morgan fingerprint density at radius 1 is 1.21 bits per heavy atom. The van der Waals surface area contributed by atoms with Gasteiger partial charge in [-0.15, -0.1) is 0 Å². The van der Waals surface area contributed by atoms with Crippen molar-refractivity contribution < 1.29 is 19.1 Å². The van der Waals surface area contributed by atoms with Gasteiger partial charge in [-0.3, -0.25) is 19.4 Å². The number of thiazole rings is 1. The monoisotopic (exact) mass is 507 g/mol. The largest absolute Gasteiger partial charge is 0.442 e. The molecule has 0 aliphatic carbocycles. The molecule has 1 atom stereocenters. The number of hydrogen-bond acceptors (Lipinski definition) is 9. The Labute approximate surface area is 205 Å². The zero-order chi connectivity index (χ0) is 24.2. The minimum Gasteiger partial charge on any atom is -0.442 e. The number of piperazine rings is 1. The molecule has 2 saturated heterocycles. The van der Waals surface area contributed by atoms with Gasteiger partial charge < -0.3 is 26.0 Å². The molecule has 0 radical (unpaired) electrons. The number of nitrogens with zero attached hydrogens (tertiary/aromatic N) is 4. The average Bonchev–Trinajstić information content (AvgIpc) is 3.33. The fourth-order valence-electron chi connectivity index (χ4n) is 3.87. The number of hydrogen-bond donors (Lipinski definition) is 3. The highest BCUT2D eigenvalue weighted by molar-refractivity contribution is 7.20. The highest BCUT2D eigenvalue weighted by atomic mass is 35.5. The van der Waals surface area contributed by atoms with Crippen LogP contribution in [0.25, 0.3) is 0 Å². The number of carbonyl (C=O) groups is 3. The Kier molecular flexibility index (Phi) is 7.39. The maximum absolute atomic E-state index is 12.3. The van der Waals surface area contributed by atoms with Gasteiger partial charge in [0, 0.05) is 44.5 Å². The molecule has 2 aromatic rings. The molecule has 0 bridgehead atoms. The smallest absolute Gasteiger partial charge is 0.414 e. The third-order valence-electron chi connectivity index (χ3n) is 5.57. The number of amides is 3. The van der Waals surface area contributed by atoms with Crippen molar-refractivity contribution in [3.63, 3.8) is 0 Å². The lowest BCUT2D eigenvalue weighted by molar-refractivity contribution is -0.119. The number of nitrogens with one attached hydrogen (secondary N) is 2. The van der Waals surface area contributed by atoms with Crippen molar-refractivity contribution >= 4 is 62.4 Å². The molecule has 4 N–H and O–H groups in total. The first kappa shape index (κ1) is 24.0. The molecule has 0 spiro atoms. The second-order valence-electron chi connectivity index (χ2n) is 8.05. The summed E-state index contributed by atoms with van der Waals surface area (Å²) in [5, 5.41) is 6.41. The van der Waals surface area contributed by atoms with Crippen LogP contribution in [0.4, 0.5) is 26.3 Å². The van der Waals surface area contributed by atoms with Gasteiger partial charge in [-0.25, -0.2) is 9.78 Å². The van der Waals surface area contributed by atoms with Crippen LogP contribution in [0.3, 0.4) is 0 Å². The summed E-state index contributed by atoms with van der Waals surface area (Å²) < 4.78 is 5.32. The van der Waals surface area contributed by atoms with E-state index >= 15 is 0 Å². The molecule has 3 amide bonds. The fraction of sp³-hybridized carbons (Fsp3) is 0.429. The number of aromatic nitrogens is 1. The molecule has 2 aliphatic rings. The van der Waals surface area contributed by atoms with Crippen LogP contribution in [0.15, 0.2) is 24.3 Å². The predicted octanol–water partition coefficient (Wildman–Crippen LogP) is 1.60. The first-order chi connectivity index (χ1) is 16.3. The van der Waals surface area contributed by atoms with Crippen LogP contribution in [0.1, 0.15) is 6.92 Å². The fourth-order valence-corrected chi connectivity index (χ4v) is 4.81. The minimum atomic E-state index is -0.419. The molecule has 3 heterocycles. The predicted molar refractivity (Wildman–Crippen MR) is 132 cm³/mol. The van der Waals surface area contributed by atoms with E-state index in [2.05, 4.69) is 25.4 Å². The van der Waals surface area contributed by atoms with E-state index < -0.39 is 6.09 Å². The Hall–Kier alpha value is -3.09. The Morgan fingerprint density at radius 3 is 2.50 bits per heavy atom. The Morgan fingerprint density at radius 2 is 1.88 bits per heavy atom. The lowest BCUT2D eigenvalue weighted by Gasteiger charge is -2.35. The third kappa shape index (κ3) is 5.88. The van der Waals surface area contributed by atoms with Gasteiger partial charge in [0.1, 0.15) is 11.1 Å². The Bertz CT molecular complexity index is 1060. The summed E-state index contributed by atoms with van der Waals surface area (Å²) in [7, 11) is 0. The van der Waals surface area contributed by atoms with Gasteiger partial charge in [0.2, 0.25) is 11.8 Å². The van der Waals surface area contributed by atoms with Crippen LogP contribution < -0.4 is 26.2 Å². The highest BCUT2D eigenvalue weighted by Crippen LogP contribution is 2.30. The zero-order valence-electron chi connectivity index (χ0n) is 18.6. The number of cyclic esters (lactones) is 1. The quantitative estimate of drug-likeness (QED) is 0.514. The molecule has 4 rings (SSSR count). The summed E-state index contributed by atoms with van der Waals surface area (Å²) >= 11 is 7.10. The number of nitrogens with two attached hydrogens (primary N) is 1. The van der Waals surface area contributed by atoms with Crippen LogP contribution in [0.2, 0.25) is 5.15 Å². The van der Waals surface area contributed by atoms with Crippen molar-refractivity contribution in [1.29, 1.82) is 0 Å². The van der Waals surface area contributed by atoms with E-state index in [4.69, 9.17) is 22.1 Å². The summed E-state index contributed by atoms with van der Waals surface area (Å²) in [5.74, 6) is -0.313.